The normalized spacial score (nSPS) is 17.0. The van der Waals surface area contributed by atoms with Crippen molar-refractivity contribution in [2.75, 3.05) is 18.5 Å². The van der Waals surface area contributed by atoms with Crippen LogP contribution in [0.1, 0.15) is 23.2 Å². The van der Waals surface area contributed by atoms with E-state index in [-0.39, 0.29) is 29.9 Å². The van der Waals surface area contributed by atoms with Gasteiger partial charge in [0.2, 0.25) is 5.96 Å². The topological polar surface area (TPSA) is 62.7 Å². The van der Waals surface area contributed by atoms with Gasteiger partial charge in [-0.05, 0) is 49.2 Å². The molecule has 0 spiro atoms. The second-order valence-corrected chi connectivity index (χ2v) is 6.07. The van der Waals surface area contributed by atoms with E-state index in [0.717, 1.165) is 43.2 Å². The number of carbonyl (C=O) groups excluding carboxylic acids is 1. The summed E-state index contributed by atoms with van der Waals surface area (Å²) in [5.41, 5.74) is 0.312. The van der Waals surface area contributed by atoms with Crippen molar-refractivity contribution in [3.8, 4) is 0 Å². The van der Waals surface area contributed by atoms with Gasteiger partial charge in [0.15, 0.2) is 0 Å². The third-order valence-corrected chi connectivity index (χ3v) is 3.94. The third-order valence-electron chi connectivity index (χ3n) is 3.94. The Labute approximate surface area is 154 Å². The molecule has 8 heteroatoms. The molecule has 142 valence electrons. The Balaban J connectivity index is 1.76. The molecule has 1 amide bonds. The number of aliphatic imine (C=N–C) groups is 1. The van der Waals surface area contributed by atoms with Crippen LogP contribution in [-0.2, 0) is 4.74 Å². The fourth-order valence-corrected chi connectivity index (χ4v) is 2.64. The van der Waals surface area contributed by atoms with Gasteiger partial charge in [-0.2, -0.15) is 0 Å². The van der Waals surface area contributed by atoms with Crippen molar-refractivity contribution in [2.45, 2.75) is 18.9 Å². The number of hydrogen-bond donors (Lipinski definition) is 2. The second-order valence-electron chi connectivity index (χ2n) is 6.07. The number of nitrogens with one attached hydrogen (secondary N) is 2. The highest BCUT2D eigenvalue weighted by atomic mass is 19.1. The molecule has 1 unspecified atom stereocenters. The van der Waals surface area contributed by atoms with E-state index in [4.69, 9.17) is 4.74 Å². The van der Waals surface area contributed by atoms with Gasteiger partial charge in [0.05, 0.1) is 12.6 Å². The maximum Gasteiger partial charge on any atom is 0.257 e. The monoisotopic (exact) mass is 377 g/mol. The number of anilines is 1. The Morgan fingerprint density at radius 1 is 1.07 bits per heavy atom. The summed E-state index contributed by atoms with van der Waals surface area (Å²) in [7, 11) is 0. The molecule has 0 aromatic heterocycles. The van der Waals surface area contributed by atoms with Gasteiger partial charge in [0, 0.05) is 23.9 Å². The summed E-state index contributed by atoms with van der Waals surface area (Å²) in [5, 5.41) is 5.25. The summed E-state index contributed by atoms with van der Waals surface area (Å²) in [6.07, 6.45) is 1.70. The number of halogens is 3. The van der Waals surface area contributed by atoms with Crippen molar-refractivity contribution in [2.24, 2.45) is 4.99 Å². The molecule has 0 aliphatic carbocycles. The summed E-state index contributed by atoms with van der Waals surface area (Å²) in [5.74, 6) is -2.51. The van der Waals surface area contributed by atoms with Gasteiger partial charge < -0.3 is 10.1 Å². The molecule has 2 N–H and O–H groups in total. The number of nitrogens with zero attached hydrogens (tertiary/aromatic N) is 1. The Hall–Kier alpha value is -2.87. The highest BCUT2D eigenvalue weighted by Gasteiger charge is 2.16. The summed E-state index contributed by atoms with van der Waals surface area (Å²) in [6, 6.07) is 7.87. The lowest BCUT2D eigenvalue weighted by molar-refractivity contribution is 0.0975. The van der Waals surface area contributed by atoms with E-state index in [1.54, 1.807) is 0 Å². The van der Waals surface area contributed by atoms with Gasteiger partial charge in [-0.15, -0.1) is 0 Å². The van der Waals surface area contributed by atoms with Crippen molar-refractivity contribution in [1.82, 2.24) is 5.32 Å². The van der Waals surface area contributed by atoms with Gasteiger partial charge in [0.25, 0.3) is 5.91 Å². The third kappa shape index (κ3) is 5.55. The van der Waals surface area contributed by atoms with Gasteiger partial charge in [-0.25, -0.2) is 18.2 Å². The SMILES string of the molecule is O=C(NC(=NCC1CCCO1)Nc1cc(F)cc(F)c1)c1ccc(F)cc1. The fourth-order valence-electron chi connectivity index (χ4n) is 2.64. The number of amides is 1. The van der Waals surface area contributed by atoms with Crippen LogP contribution in [0, 0.1) is 17.5 Å². The lowest BCUT2D eigenvalue weighted by Crippen LogP contribution is -2.36. The zero-order chi connectivity index (χ0) is 19.2. The number of carbonyl (C=O) groups is 1. The largest absolute Gasteiger partial charge is 0.376 e. The Morgan fingerprint density at radius 2 is 1.78 bits per heavy atom. The van der Waals surface area contributed by atoms with Crippen molar-refractivity contribution in [3.05, 3.63) is 65.5 Å². The average Bonchev–Trinajstić information content (AvgIpc) is 3.13. The van der Waals surface area contributed by atoms with E-state index in [0.29, 0.717) is 6.61 Å². The van der Waals surface area contributed by atoms with Crippen LogP contribution in [-0.4, -0.2) is 31.1 Å². The summed E-state index contributed by atoms with van der Waals surface area (Å²) in [4.78, 5) is 16.6. The van der Waals surface area contributed by atoms with Crippen LogP contribution in [0.2, 0.25) is 0 Å². The molecule has 0 saturated carbocycles. The number of hydrogen-bond acceptors (Lipinski definition) is 3. The van der Waals surface area contributed by atoms with E-state index in [1.807, 2.05) is 0 Å². The first-order valence-corrected chi connectivity index (χ1v) is 8.46. The molecular weight excluding hydrogens is 359 g/mol. The molecule has 2 aromatic carbocycles. The van der Waals surface area contributed by atoms with E-state index in [1.165, 1.54) is 12.1 Å². The average molecular weight is 377 g/mol. The zero-order valence-corrected chi connectivity index (χ0v) is 14.3. The fraction of sp³-hybridized carbons (Fsp3) is 0.263. The number of benzene rings is 2. The van der Waals surface area contributed by atoms with Gasteiger partial charge in [-0.3, -0.25) is 10.1 Å². The van der Waals surface area contributed by atoms with Crippen LogP contribution in [0.25, 0.3) is 0 Å². The molecule has 0 bridgehead atoms. The lowest BCUT2D eigenvalue weighted by Gasteiger charge is -2.13. The zero-order valence-electron chi connectivity index (χ0n) is 14.3. The molecule has 1 fully saturated rings. The Morgan fingerprint density at radius 3 is 2.41 bits per heavy atom. The molecule has 2 aromatic rings. The van der Waals surface area contributed by atoms with Crippen LogP contribution in [0.4, 0.5) is 18.9 Å². The Bertz CT molecular complexity index is 814. The predicted molar refractivity (Wildman–Crippen MR) is 95.1 cm³/mol. The standard InChI is InChI=1S/C19H18F3N3O2/c20-13-5-3-12(4-6-13)18(26)25-19(23-11-17-2-1-7-27-17)24-16-9-14(21)8-15(22)10-16/h3-6,8-10,17H,1-2,7,11H2,(H2,23,24,25,26). The van der Waals surface area contributed by atoms with Crippen LogP contribution >= 0.6 is 0 Å². The summed E-state index contributed by atoms with van der Waals surface area (Å²) in [6.45, 7) is 0.934. The maximum atomic E-state index is 13.4. The second kappa shape index (κ2) is 8.68. The van der Waals surface area contributed by atoms with Crippen LogP contribution in [0.3, 0.4) is 0 Å². The maximum absolute atomic E-state index is 13.4. The van der Waals surface area contributed by atoms with Gasteiger partial charge in [-0.1, -0.05) is 0 Å². The lowest BCUT2D eigenvalue weighted by atomic mass is 10.2. The highest BCUT2D eigenvalue weighted by Crippen LogP contribution is 2.14. The molecule has 5 nitrogen and oxygen atoms in total. The number of rotatable bonds is 4. The van der Waals surface area contributed by atoms with Gasteiger partial charge >= 0.3 is 0 Å². The van der Waals surface area contributed by atoms with E-state index < -0.39 is 23.4 Å². The summed E-state index contributed by atoms with van der Waals surface area (Å²) >= 11 is 0. The Kier molecular flexibility index (Phi) is 6.08. The van der Waals surface area contributed by atoms with Crippen molar-refractivity contribution < 1.29 is 22.7 Å². The van der Waals surface area contributed by atoms with Crippen molar-refractivity contribution in [3.63, 3.8) is 0 Å². The first kappa shape index (κ1) is 18.9. The molecule has 1 atom stereocenters. The quantitative estimate of drug-likeness (QED) is 0.633. The number of ether oxygens (including phenoxy) is 1. The molecule has 0 radical (unpaired) electrons. The molecule has 3 rings (SSSR count). The molecule has 27 heavy (non-hydrogen) atoms. The van der Waals surface area contributed by atoms with Crippen LogP contribution in [0.5, 0.6) is 0 Å². The smallest absolute Gasteiger partial charge is 0.257 e. The predicted octanol–water partition coefficient (Wildman–Crippen LogP) is 3.48. The number of guanidine groups is 1. The van der Waals surface area contributed by atoms with Crippen LogP contribution in [0.15, 0.2) is 47.5 Å². The first-order chi connectivity index (χ1) is 13.0. The molecule has 1 heterocycles. The van der Waals surface area contributed by atoms with E-state index >= 15 is 0 Å². The van der Waals surface area contributed by atoms with E-state index in [9.17, 15) is 18.0 Å². The van der Waals surface area contributed by atoms with E-state index in [2.05, 4.69) is 15.6 Å². The summed E-state index contributed by atoms with van der Waals surface area (Å²) < 4.78 is 45.3. The first-order valence-electron chi connectivity index (χ1n) is 8.46. The molecular formula is C19H18F3N3O2. The molecule has 1 saturated heterocycles. The molecule has 1 aliphatic rings. The highest BCUT2D eigenvalue weighted by molar-refractivity contribution is 6.09. The minimum Gasteiger partial charge on any atom is -0.376 e. The minimum absolute atomic E-state index is 0.0184. The van der Waals surface area contributed by atoms with Gasteiger partial charge in [0.1, 0.15) is 17.5 Å². The van der Waals surface area contributed by atoms with Crippen LogP contribution < -0.4 is 10.6 Å². The van der Waals surface area contributed by atoms with Crippen molar-refractivity contribution in [1.29, 1.82) is 0 Å². The van der Waals surface area contributed by atoms with Crippen molar-refractivity contribution >= 4 is 17.6 Å². The molecule has 1 aliphatic heterocycles. The minimum atomic E-state index is -0.763.